The lowest BCUT2D eigenvalue weighted by Crippen LogP contribution is -2.05. The van der Waals surface area contributed by atoms with E-state index in [0.29, 0.717) is 24.1 Å². The summed E-state index contributed by atoms with van der Waals surface area (Å²) >= 11 is 0. The molecule has 0 spiro atoms. The molecule has 3 aromatic rings. The molecule has 26 heavy (non-hydrogen) atoms. The van der Waals surface area contributed by atoms with Gasteiger partial charge in [0.05, 0.1) is 0 Å². The maximum absolute atomic E-state index is 12.3. The zero-order chi connectivity index (χ0) is 18.5. The third-order valence-electron chi connectivity index (χ3n) is 4.36. The first-order valence-electron chi connectivity index (χ1n) is 8.58. The fraction of sp³-hybridized carbons (Fsp3) is 0.130. The van der Waals surface area contributed by atoms with Crippen molar-refractivity contribution in [2.24, 2.45) is 0 Å². The Morgan fingerprint density at radius 3 is 1.46 bits per heavy atom. The zero-order valence-electron chi connectivity index (χ0n) is 14.7. The summed E-state index contributed by atoms with van der Waals surface area (Å²) in [7, 11) is 0. The molecule has 2 N–H and O–H groups in total. The van der Waals surface area contributed by atoms with E-state index in [-0.39, 0.29) is 11.6 Å². The summed E-state index contributed by atoms with van der Waals surface area (Å²) in [5, 5.41) is 0. The highest BCUT2D eigenvalue weighted by molar-refractivity contribution is 5.98. The van der Waals surface area contributed by atoms with E-state index >= 15 is 0 Å². The lowest BCUT2D eigenvalue weighted by molar-refractivity contribution is 0.0984. The van der Waals surface area contributed by atoms with E-state index in [4.69, 9.17) is 5.73 Å². The van der Waals surface area contributed by atoms with Crippen molar-refractivity contribution in [1.82, 2.24) is 0 Å². The third-order valence-corrected chi connectivity index (χ3v) is 4.36. The lowest BCUT2D eigenvalue weighted by Gasteiger charge is -2.05. The predicted molar refractivity (Wildman–Crippen MR) is 105 cm³/mol. The molecule has 0 aliphatic carbocycles. The Kier molecular flexibility index (Phi) is 5.28. The highest BCUT2D eigenvalue weighted by Gasteiger charge is 2.09. The van der Waals surface area contributed by atoms with E-state index in [1.807, 2.05) is 55.5 Å². The van der Waals surface area contributed by atoms with Crippen molar-refractivity contribution in [2.75, 3.05) is 5.73 Å². The average Bonchev–Trinajstić information content (AvgIpc) is 2.64. The van der Waals surface area contributed by atoms with Crippen LogP contribution in [-0.2, 0) is 12.8 Å². The topological polar surface area (TPSA) is 60.2 Å². The Hall–Kier alpha value is -3.20. The summed E-state index contributed by atoms with van der Waals surface area (Å²) < 4.78 is 0. The monoisotopic (exact) mass is 343 g/mol. The molecule has 3 rings (SSSR count). The lowest BCUT2D eigenvalue weighted by atomic mass is 9.98. The molecule has 0 unspecified atom stereocenters. The second-order valence-corrected chi connectivity index (χ2v) is 6.50. The molecule has 0 radical (unpaired) electrons. The van der Waals surface area contributed by atoms with Crippen molar-refractivity contribution in [3.05, 3.63) is 101 Å². The fourth-order valence-corrected chi connectivity index (χ4v) is 2.76. The van der Waals surface area contributed by atoms with Gasteiger partial charge in [-0.1, -0.05) is 54.1 Å². The number of rotatable bonds is 6. The van der Waals surface area contributed by atoms with Crippen molar-refractivity contribution in [3.8, 4) is 0 Å². The van der Waals surface area contributed by atoms with E-state index in [1.165, 1.54) is 0 Å². The second kappa shape index (κ2) is 7.79. The van der Waals surface area contributed by atoms with Gasteiger partial charge in [0.25, 0.3) is 0 Å². The Balaban J connectivity index is 1.62. The fourth-order valence-electron chi connectivity index (χ4n) is 2.76. The maximum atomic E-state index is 12.3. The van der Waals surface area contributed by atoms with Crippen molar-refractivity contribution in [2.45, 2.75) is 19.8 Å². The molecule has 0 saturated heterocycles. The number of carbonyl (C=O) groups excluding carboxylic acids is 2. The number of Topliss-reactive ketones (excluding diaryl/α,β-unsaturated/α-hetero) is 2. The zero-order valence-corrected chi connectivity index (χ0v) is 14.7. The van der Waals surface area contributed by atoms with Gasteiger partial charge in [-0.2, -0.15) is 0 Å². The largest absolute Gasteiger partial charge is 0.399 e. The molecule has 0 bridgehead atoms. The van der Waals surface area contributed by atoms with E-state index in [1.54, 1.807) is 24.3 Å². The third kappa shape index (κ3) is 4.45. The van der Waals surface area contributed by atoms with Gasteiger partial charge in [0.2, 0.25) is 0 Å². The summed E-state index contributed by atoms with van der Waals surface area (Å²) in [6.45, 7) is 2.00. The molecule has 3 aromatic carbocycles. The van der Waals surface area contributed by atoms with Gasteiger partial charge in [0.1, 0.15) is 0 Å². The SMILES string of the molecule is Cc1ccc(C(=O)Cc2ccc(CC(=O)c3ccc(N)cc3)cc2)cc1. The van der Waals surface area contributed by atoms with Crippen LogP contribution >= 0.6 is 0 Å². The van der Waals surface area contributed by atoms with Gasteiger partial charge in [-0.3, -0.25) is 9.59 Å². The quantitative estimate of drug-likeness (QED) is 0.532. The Labute approximate surface area is 153 Å². The molecular weight excluding hydrogens is 322 g/mol. The highest BCUT2D eigenvalue weighted by atomic mass is 16.1. The molecule has 0 amide bonds. The van der Waals surface area contributed by atoms with Crippen molar-refractivity contribution < 1.29 is 9.59 Å². The first kappa shape index (κ1) is 17.6. The maximum Gasteiger partial charge on any atom is 0.167 e. The smallest absolute Gasteiger partial charge is 0.167 e. The average molecular weight is 343 g/mol. The molecule has 3 nitrogen and oxygen atoms in total. The number of nitrogens with two attached hydrogens (primary N) is 1. The van der Waals surface area contributed by atoms with Crippen molar-refractivity contribution in [3.63, 3.8) is 0 Å². The van der Waals surface area contributed by atoms with Crippen LogP contribution in [0.1, 0.15) is 37.4 Å². The number of benzene rings is 3. The summed E-state index contributed by atoms with van der Waals surface area (Å²) in [6.07, 6.45) is 0.686. The van der Waals surface area contributed by atoms with Crippen LogP contribution in [0.4, 0.5) is 5.69 Å². The first-order valence-corrected chi connectivity index (χ1v) is 8.58. The number of aryl methyl sites for hydroxylation is 1. The molecule has 3 heteroatoms. The van der Waals surface area contributed by atoms with Gasteiger partial charge in [-0.25, -0.2) is 0 Å². The van der Waals surface area contributed by atoms with Gasteiger partial charge in [0, 0.05) is 29.7 Å². The standard InChI is InChI=1S/C23H21NO2/c1-16-2-8-19(9-3-16)22(25)14-17-4-6-18(7-5-17)15-23(26)20-10-12-21(24)13-11-20/h2-13H,14-15,24H2,1H3. The minimum Gasteiger partial charge on any atom is -0.399 e. The normalized spacial score (nSPS) is 10.5. The van der Waals surface area contributed by atoms with Crippen LogP contribution < -0.4 is 5.73 Å². The van der Waals surface area contributed by atoms with Gasteiger partial charge in [0.15, 0.2) is 11.6 Å². The Morgan fingerprint density at radius 2 is 1.04 bits per heavy atom. The Morgan fingerprint density at radius 1 is 0.654 bits per heavy atom. The van der Waals surface area contributed by atoms with Crippen LogP contribution in [0.5, 0.6) is 0 Å². The second-order valence-electron chi connectivity index (χ2n) is 6.50. The van der Waals surface area contributed by atoms with Gasteiger partial charge >= 0.3 is 0 Å². The molecule has 0 aliphatic rings. The number of hydrogen-bond acceptors (Lipinski definition) is 3. The van der Waals surface area contributed by atoms with Crippen LogP contribution in [-0.4, -0.2) is 11.6 Å². The van der Waals surface area contributed by atoms with Crippen LogP contribution in [0.25, 0.3) is 0 Å². The number of ketones is 2. The predicted octanol–water partition coefficient (Wildman–Crippen LogP) is 4.43. The summed E-state index contributed by atoms with van der Waals surface area (Å²) in [5.41, 5.74) is 10.7. The van der Waals surface area contributed by atoms with Gasteiger partial charge in [-0.15, -0.1) is 0 Å². The van der Waals surface area contributed by atoms with Crippen LogP contribution in [0.15, 0.2) is 72.8 Å². The van der Waals surface area contributed by atoms with E-state index in [0.717, 1.165) is 22.3 Å². The molecule has 0 aliphatic heterocycles. The molecule has 0 aromatic heterocycles. The van der Waals surface area contributed by atoms with E-state index in [9.17, 15) is 9.59 Å². The number of nitrogen functional groups attached to an aromatic ring is 1. The highest BCUT2D eigenvalue weighted by Crippen LogP contribution is 2.13. The summed E-state index contributed by atoms with van der Waals surface area (Å²) in [5.74, 6) is 0.143. The molecule has 0 fully saturated rings. The summed E-state index contributed by atoms with van der Waals surface area (Å²) in [6, 6.07) is 22.2. The molecule has 0 atom stereocenters. The molecule has 0 heterocycles. The minimum atomic E-state index is 0.0495. The minimum absolute atomic E-state index is 0.0495. The molecule has 130 valence electrons. The van der Waals surface area contributed by atoms with Crippen molar-refractivity contribution in [1.29, 1.82) is 0 Å². The number of carbonyl (C=O) groups is 2. The molecule has 0 saturated carbocycles. The van der Waals surface area contributed by atoms with Crippen LogP contribution in [0.2, 0.25) is 0 Å². The summed E-state index contributed by atoms with van der Waals surface area (Å²) in [4.78, 5) is 24.6. The van der Waals surface area contributed by atoms with Crippen LogP contribution in [0.3, 0.4) is 0 Å². The number of hydrogen-bond donors (Lipinski definition) is 1. The van der Waals surface area contributed by atoms with Gasteiger partial charge < -0.3 is 5.73 Å². The van der Waals surface area contributed by atoms with Gasteiger partial charge in [-0.05, 0) is 42.3 Å². The number of anilines is 1. The van der Waals surface area contributed by atoms with Crippen LogP contribution in [0, 0.1) is 6.92 Å². The Bertz CT molecular complexity index is 829. The van der Waals surface area contributed by atoms with E-state index in [2.05, 4.69) is 0 Å². The van der Waals surface area contributed by atoms with Crippen molar-refractivity contribution >= 4 is 17.3 Å². The van der Waals surface area contributed by atoms with E-state index < -0.39 is 0 Å². The molecular formula is C23H21NO2. The first-order chi connectivity index (χ1) is 12.5.